The number of methoxy groups -OCH3 is 1. The first-order valence-electron chi connectivity index (χ1n) is 11.0. The second-order valence-electron chi connectivity index (χ2n) is 9.28. The molecule has 174 valence electrons. The fourth-order valence-corrected chi connectivity index (χ4v) is 3.23. The standard InChI is InChI=1S/C26H36N2O4/c1-18(2)27-25(30)19(3)28(16-20-9-8-10-23(15-20)31-7)24(29)17-32-22-13-11-21(12-14-22)26(4,5)6/h8-15,18-19H,16-17H2,1-7H3,(H,27,30)/t19-/m1/s1. The Morgan fingerprint density at radius 2 is 1.66 bits per heavy atom. The van der Waals surface area contributed by atoms with Gasteiger partial charge in [0.2, 0.25) is 5.91 Å². The molecule has 2 aromatic rings. The summed E-state index contributed by atoms with van der Waals surface area (Å²) in [6.07, 6.45) is 0. The number of hydrogen-bond acceptors (Lipinski definition) is 4. The van der Waals surface area contributed by atoms with E-state index in [0.717, 1.165) is 5.56 Å². The van der Waals surface area contributed by atoms with E-state index in [9.17, 15) is 9.59 Å². The van der Waals surface area contributed by atoms with Gasteiger partial charge in [-0.15, -0.1) is 0 Å². The van der Waals surface area contributed by atoms with E-state index in [-0.39, 0.29) is 36.4 Å². The molecule has 0 aliphatic heterocycles. The van der Waals surface area contributed by atoms with E-state index < -0.39 is 6.04 Å². The van der Waals surface area contributed by atoms with Gasteiger partial charge in [0.25, 0.3) is 5.91 Å². The Hall–Kier alpha value is -3.02. The zero-order chi connectivity index (χ0) is 23.9. The van der Waals surface area contributed by atoms with E-state index in [2.05, 4.69) is 26.1 Å². The van der Waals surface area contributed by atoms with Crippen molar-refractivity contribution in [3.63, 3.8) is 0 Å². The fourth-order valence-electron chi connectivity index (χ4n) is 3.23. The van der Waals surface area contributed by atoms with Crippen LogP contribution < -0.4 is 14.8 Å². The van der Waals surface area contributed by atoms with Crippen molar-refractivity contribution in [2.45, 2.75) is 65.6 Å². The Kier molecular flexibility index (Phi) is 8.70. The number of nitrogens with one attached hydrogen (secondary N) is 1. The quantitative estimate of drug-likeness (QED) is 0.631. The Morgan fingerprint density at radius 3 is 2.22 bits per heavy atom. The monoisotopic (exact) mass is 440 g/mol. The van der Waals surface area contributed by atoms with Crippen LogP contribution in [0.5, 0.6) is 11.5 Å². The summed E-state index contributed by atoms with van der Waals surface area (Å²) < 4.78 is 11.1. The molecule has 1 atom stereocenters. The minimum atomic E-state index is -0.650. The number of ether oxygens (including phenoxy) is 2. The van der Waals surface area contributed by atoms with Crippen LogP contribution in [0.1, 0.15) is 52.7 Å². The predicted octanol–water partition coefficient (Wildman–Crippen LogP) is 4.31. The van der Waals surface area contributed by atoms with Crippen molar-refractivity contribution in [2.75, 3.05) is 13.7 Å². The second kappa shape index (κ2) is 11.0. The van der Waals surface area contributed by atoms with Crippen LogP contribution in [-0.2, 0) is 21.5 Å². The van der Waals surface area contributed by atoms with Crippen LogP contribution in [0.3, 0.4) is 0 Å². The summed E-state index contributed by atoms with van der Waals surface area (Å²) in [4.78, 5) is 27.3. The van der Waals surface area contributed by atoms with Crippen LogP contribution in [-0.4, -0.2) is 42.5 Å². The van der Waals surface area contributed by atoms with E-state index >= 15 is 0 Å². The molecule has 0 unspecified atom stereocenters. The van der Waals surface area contributed by atoms with E-state index in [0.29, 0.717) is 11.5 Å². The fraction of sp³-hybridized carbons (Fsp3) is 0.462. The summed E-state index contributed by atoms with van der Waals surface area (Å²) in [6.45, 7) is 12.1. The molecule has 0 heterocycles. The predicted molar refractivity (Wildman–Crippen MR) is 127 cm³/mol. The van der Waals surface area contributed by atoms with E-state index in [1.54, 1.807) is 14.0 Å². The van der Waals surface area contributed by atoms with Gasteiger partial charge in [0.1, 0.15) is 17.5 Å². The lowest BCUT2D eigenvalue weighted by Gasteiger charge is -2.29. The molecule has 0 bridgehead atoms. The summed E-state index contributed by atoms with van der Waals surface area (Å²) in [5.41, 5.74) is 2.10. The lowest BCUT2D eigenvalue weighted by Crippen LogP contribution is -2.50. The van der Waals surface area contributed by atoms with Crippen molar-refractivity contribution >= 4 is 11.8 Å². The molecule has 6 heteroatoms. The van der Waals surface area contributed by atoms with Gasteiger partial charge >= 0.3 is 0 Å². The molecule has 1 N–H and O–H groups in total. The van der Waals surface area contributed by atoms with Crippen LogP contribution in [0.2, 0.25) is 0 Å². The zero-order valence-electron chi connectivity index (χ0n) is 20.3. The molecule has 6 nitrogen and oxygen atoms in total. The number of benzene rings is 2. The van der Waals surface area contributed by atoms with Gasteiger partial charge in [-0.05, 0) is 61.6 Å². The number of hydrogen-bond donors (Lipinski definition) is 1. The molecule has 2 amide bonds. The van der Waals surface area contributed by atoms with Gasteiger partial charge in [-0.2, -0.15) is 0 Å². The average molecular weight is 441 g/mol. The zero-order valence-corrected chi connectivity index (χ0v) is 20.3. The SMILES string of the molecule is COc1cccc(CN(C(=O)COc2ccc(C(C)(C)C)cc2)[C@H](C)C(=O)NC(C)C)c1. The number of rotatable bonds is 9. The third-order valence-electron chi connectivity index (χ3n) is 5.17. The van der Waals surface area contributed by atoms with Crippen LogP contribution in [0.25, 0.3) is 0 Å². The van der Waals surface area contributed by atoms with Gasteiger partial charge in [-0.3, -0.25) is 9.59 Å². The summed E-state index contributed by atoms with van der Waals surface area (Å²) >= 11 is 0. The van der Waals surface area contributed by atoms with Crippen LogP contribution in [0.15, 0.2) is 48.5 Å². The third kappa shape index (κ3) is 7.29. The first kappa shape index (κ1) is 25.2. The van der Waals surface area contributed by atoms with Crippen molar-refractivity contribution in [1.82, 2.24) is 10.2 Å². The van der Waals surface area contributed by atoms with Gasteiger partial charge in [-0.1, -0.05) is 45.0 Å². The van der Waals surface area contributed by atoms with E-state index in [1.165, 1.54) is 10.5 Å². The number of carbonyl (C=O) groups excluding carboxylic acids is 2. The molecule has 0 saturated carbocycles. The molecule has 0 spiro atoms. The highest BCUT2D eigenvalue weighted by atomic mass is 16.5. The van der Waals surface area contributed by atoms with Gasteiger partial charge in [0.15, 0.2) is 6.61 Å². The number of amides is 2. The molecule has 0 fully saturated rings. The van der Waals surface area contributed by atoms with Crippen molar-refractivity contribution in [3.8, 4) is 11.5 Å². The normalized spacial score (nSPS) is 12.2. The maximum Gasteiger partial charge on any atom is 0.261 e. The highest BCUT2D eigenvalue weighted by molar-refractivity contribution is 5.88. The lowest BCUT2D eigenvalue weighted by molar-refractivity contribution is -0.142. The van der Waals surface area contributed by atoms with Crippen LogP contribution >= 0.6 is 0 Å². The molecule has 0 radical (unpaired) electrons. The van der Waals surface area contributed by atoms with Crippen molar-refractivity contribution < 1.29 is 19.1 Å². The number of nitrogens with zero attached hydrogens (tertiary/aromatic N) is 1. The van der Waals surface area contributed by atoms with Crippen molar-refractivity contribution in [2.24, 2.45) is 0 Å². The largest absolute Gasteiger partial charge is 0.497 e. The Labute approximate surface area is 191 Å². The summed E-state index contributed by atoms with van der Waals surface area (Å²) in [5, 5.41) is 2.88. The van der Waals surface area contributed by atoms with Gasteiger partial charge < -0.3 is 19.7 Å². The molecule has 0 aliphatic rings. The van der Waals surface area contributed by atoms with E-state index in [1.807, 2.05) is 62.4 Å². The maximum atomic E-state index is 13.1. The highest BCUT2D eigenvalue weighted by Crippen LogP contribution is 2.24. The molecule has 0 aliphatic carbocycles. The van der Waals surface area contributed by atoms with Crippen LogP contribution in [0, 0.1) is 0 Å². The smallest absolute Gasteiger partial charge is 0.261 e. The average Bonchev–Trinajstić information content (AvgIpc) is 2.74. The molecular weight excluding hydrogens is 404 g/mol. The van der Waals surface area contributed by atoms with Gasteiger partial charge in [0, 0.05) is 12.6 Å². The molecule has 32 heavy (non-hydrogen) atoms. The van der Waals surface area contributed by atoms with Gasteiger partial charge in [-0.25, -0.2) is 0 Å². The Balaban J connectivity index is 2.16. The third-order valence-corrected chi connectivity index (χ3v) is 5.17. The molecule has 2 aromatic carbocycles. The molecule has 0 aromatic heterocycles. The first-order valence-corrected chi connectivity index (χ1v) is 11.0. The molecule has 2 rings (SSSR count). The Morgan fingerprint density at radius 1 is 1.00 bits per heavy atom. The summed E-state index contributed by atoms with van der Waals surface area (Å²) in [6, 6.07) is 14.6. The minimum absolute atomic E-state index is 0.0173. The first-order chi connectivity index (χ1) is 15.0. The second-order valence-corrected chi connectivity index (χ2v) is 9.28. The molecule has 0 saturated heterocycles. The van der Waals surface area contributed by atoms with Crippen molar-refractivity contribution in [1.29, 1.82) is 0 Å². The highest BCUT2D eigenvalue weighted by Gasteiger charge is 2.27. The maximum absolute atomic E-state index is 13.1. The topological polar surface area (TPSA) is 67.9 Å². The number of carbonyl (C=O) groups is 2. The van der Waals surface area contributed by atoms with Crippen LogP contribution in [0.4, 0.5) is 0 Å². The Bertz CT molecular complexity index is 901. The van der Waals surface area contributed by atoms with Gasteiger partial charge in [0.05, 0.1) is 7.11 Å². The lowest BCUT2D eigenvalue weighted by atomic mass is 9.87. The minimum Gasteiger partial charge on any atom is -0.497 e. The van der Waals surface area contributed by atoms with E-state index in [4.69, 9.17) is 9.47 Å². The summed E-state index contributed by atoms with van der Waals surface area (Å²) in [5.74, 6) is 0.848. The summed E-state index contributed by atoms with van der Waals surface area (Å²) in [7, 11) is 1.60. The molecular formula is C26H36N2O4. The van der Waals surface area contributed by atoms with Crippen molar-refractivity contribution in [3.05, 3.63) is 59.7 Å².